The normalized spacial score (nSPS) is 11.5. The highest BCUT2D eigenvalue weighted by Gasteiger charge is 2.18. The molecule has 0 aliphatic heterocycles. The number of benzene rings is 2. The third-order valence-corrected chi connectivity index (χ3v) is 6.07. The standard InChI is InChI=1S/C22H19N5O3S/c28-27(29)20-13-25(15-23-20)11-6-12-30-14-18-21(16-7-2-1-3-8-16)24-22-26(18)17-9-4-5-10-19(17)31-22/h1-5,7-10,13,15H,6,11-12,14H2. The number of ether oxygens (including phenoxy) is 1. The molecule has 156 valence electrons. The Morgan fingerprint density at radius 3 is 2.71 bits per heavy atom. The minimum absolute atomic E-state index is 0.139. The number of fused-ring (bicyclic) bond motifs is 3. The molecule has 9 heteroatoms. The van der Waals surface area contributed by atoms with Crippen LogP contribution in [0.1, 0.15) is 12.1 Å². The van der Waals surface area contributed by atoms with Gasteiger partial charge in [-0.25, -0.2) is 4.98 Å². The van der Waals surface area contributed by atoms with E-state index in [0.29, 0.717) is 19.8 Å². The summed E-state index contributed by atoms with van der Waals surface area (Å²) in [5.41, 5.74) is 4.15. The molecule has 2 aromatic carbocycles. The molecule has 0 saturated carbocycles. The van der Waals surface area contributed by atoms with Gasteiger partial charge in [0.25, 0.3) is 0 Å². The molecule has 0 amide bonds. The summed E-state index contributed by atoms with van der Waals surface area (Å²) in [4.78, 5) is 19.9. The Balaban J connectivity index is 1.35. The van der Waals surface area contributed by atoms with E-state index in [-0.39, 0.29) is 5.82 Å². The van der Waals surface area contributed by atoms with Gasteiger partial charge in [0.15, 0.2) is 4.96 Å². The summed E-state index contributed by atoms with van der Waals surface area (Å²) in [5.74, 6) is -0.139. The number of rotatable bonds is 8. The van der Waals surface area contributed by atoms with E-state index in [9.17, 15) is 10.1 Å². The Morgan fingerprint density at radius 2 is 1.90 bits per heavy atom. The van der Waals surface area contributed by atoms with Crippen LogP contribution in [0.3, 0.4) is 0 Å². The van der Waals surface area contributed by atoms with E-state index >= 15 is 0 Å². The molecule has 3 aromatic heterocycles. The fourth-order valence-corrected chi connectivity index (χ4v) is 4.66. The zero-order valence-corrected chi connectivity index (χ0v) is 17.4. The van der Waals surface area contributed by atoms with E-state index in [1.54, 1.807) is 15.9 Å². The fourth-order valence-electron chi connectivity index (χ4n) is 3.62. The molecule has 8 nitrogen and oxygen atoms in total. The maximum absolute atomic E-state index is 10.7. The van der Waals surface area contributed by atoms with Crippen molar-refractivity contribution in [2.24, 2.45) is 0 Å². The van der Waals surface area contributed by atoms with E-state index in [1.165, 1.54) is 17.2 Å². The second-order valence-corrected chi connectivity index (χ2v) is 8.10. The average Bonchev–Trinajstić information content (AvgIpc) is 3.48. The van der Waals surface area contributed by atoms with Crippen LogP contribution in [0.15, 0.2) is 67.1 Å². The van der Waals surface area contributed by atoms with Crippen LogP contribution in [0.5, 0.6) is 0 Å². The van der Waals surface area contributed by atoms with Gasteiger partial charge in [0.05, 0.1) is 28.2 Å². The third kappa shape index (κ3) is 3.80. The molecule has 5 rings (SSSR count). The van der Waals surface area contributed by atoms with Crippen molar-refractivity contribution < 1.29 is 9.66 Å². The van der Waals surface area contributed by atoms with E-state index < -0.39 is 4.92 Å². The number of aryl methyl sites for hydroxylation is 1. The van der Waals surface area contributed by atoms with Gasteiger partial charge in [-0.15, -0.1) is 0 Å². The van der Waals surface area contributed by atoms with Gasteiger partial charge in [0, 0.05) is 18.7 Å². The fraction of sp³-hybridized carbons (Fsp3) is 0.182. The lowest BCUT2D eigenvalue weighted by molar-refractivity contribution is -0.389. The van der Waals surface area contributed by atoms with Gasteiger partial charge in [-0.3, -0.25) is 4.40 Å². The van der Waals surface area contributed by atoms with Crippen LogP contribution < -0.4 is 0 Å². The summed E-state index contributed by atoms with van der Waals surface area (Å²) < 4.78 is 11.1. The van der Waals surface area contributed by atoms with Crippen molar-refractivity contribution in [1.29, 1.82) is 0 Å². The van der Waals surface area contributed by atoms with Crippen LogP contribution in [0.25, 0.3) is 26.4 Å². The van der Waals surface area contributed by atoms with Gasteiger partial charge < -0.3 is 19.4 Å². The maximum Gasteiger partial charge on any atom is 0.381 e. The van der Waals surface area contributed by atoms with Crippen molar-refractivity contribution in [3.63, 3.8) is 0 Å². The molecule has 0 bridgehead atoms. The summed E-state index contributed by atoms with van der Waals surface area (Å²) in [6.45, 7) is 1.56. The smallest absolute Gasteiger partial charge is 0.375 e. The van der Waals surface area contributed by atoms with Gasteiger partial charge in [-0.05, 0) is 28.5 Å². The molecule has 31 heavy (non-hydrogen) atoms. The number of nitro groups is 1. The molecule has 0 unspecified atom stereocenters. The van der Waals surface area contributed by atoms with Gasteiger partial charge >= 0.3 is 5.82 Å². The molecule has 0 N–H and O–H groups in total. The van der Waals surface area contributed by atoms with Crippen LogP contribution in [0.2, 0.25) is 0 Å². The summed E-state index contributed by atoms with van der Waals surface area (Å²) in [6.07, 6.45) is 3.63. The molecule has 0 aliphatic carbocycles. The average molecular weight is 433 g/mol. The van der Waals surface area contributed by atoms with Crippen LogP contribution in [0, 0.1) is 10.1 Å². The van der Waals surface area contributed by atoms with Crippen molar-refractivity contribution in [1.82, 2.24) is 18.9 Å². The predicted octanol–water partition coefficient (Wildman–Crippen LogP) is 4.93. The second kappa shape index (κ2) is 8.29. The molecule has 3 heterocycles. The van der Waals surface area contributed by atoms with Gasteiger partial charge in [-0.1, -0.05) is 53.8 Å². The van der Waals surface area contributed by atoms with E-state index in [4.69, 9.17) is 9.72 Å². The predicted molar refractivity (Wildman–Crippen MR) is 119 cm³/mol. The lowest BCUT2D eigenvalue weighted by atomic mass is 10.1. The first-order chi connectivity index (χ1) is 15.2. The molecule has 0 fully saturated rings. The largest absolute Gasteiger partial charge is 0.381 e. The zero-order valence-electron chi connectivity index (χ0n) is 16.5. The molecule has 0 aliphatic rings. The first-order valence-corrected chi connectivity index (χ1v) is 10.7. The molecular formula is C22H19N5O3S. The zero-order chi connectivity index (χ0) is 21.2. The number of nitrogens with zero attached hydrogens (tertiary/aromatic N) is 5. The van der Waals surface area contributed by atoms with Crippen molar-refractivity contribution in [2.45, 2.75) is 19.6 Å². The van der Waals surface area contributed by atoms with Gasteiger partial charge in [0.1, 0.15) is 6.20 Å². The second-order valence-electron chi connectivity index (χ2n) is 7.09. The Hall–Kier alpha value is -3.56. The Kier molecular flexibility index (Phi) is 5.19. The van der Waals surface area contributed by atoms with Crippen molar-refractivity contribution in [3.8, 4) is 11.3 Å². The van der Waals surface area contributed by atoms with E-state index in [2.05, 4.69) is 33.7 Å². The van der Waals surface area contributed by atoms with E-state index in [0.717, 1.165) is 33.8 Å². The molecule has 0 atom stereocenters. The lowest BCUT2D eigenvalue weighted by Crippen LogP contribution is -2.03. The number of hydrogen-bond donors (Lipinski definition) is 0. The molecule has 0 saturated heterocycles. The summed E-state index contributed by atoms with van der Waals surface area (Å²) >= 11 is 1.67. The molecule has 0 radical (unpaired) electrons. The minimum Gasteiger partial charge on any atom is -0.375 e. The number of para-hydroxylation sites is 1. The van der Waals surface area contributed by atoms with Crippen LogP contribution in [-0.4, -0.2) is 30.5 Å². The van der Waals surface area contributed by atoms with E-state index in [1.807, 2.05) is 30.3 Å². The Bertz CT molecular complexity index is 1360. The van der Waals surface area contributed by atoms with Crippen molar-refractivity contribution in [2.75, 3.05) is 6.61 Å². The monoisotopic (exact) mass is 433 g/mol. The molecule has 0 spiro atoms. The number of hydrogen-bond acceptors (Lipinski definition) is 6. The lowest BCUT2D eigenvalue weighted by Gasteiger charge is -2.07. The number of aromatic nitrogens is 4. The highest BCUT2D eigenvalue weighted by Crippen LogP contribution is 2.33. The SMILES string of the molecule is O=[N+]([O-])c1cn(CCCOCc2c(-c3ccccc3)nc3sc4ccccc4n23)cn1. The highest BCUT2D eigenvalue weighted by molar-refractivity contribution is 7.23. The Labute approximate surface area is 181 Å². The molecular weight excluding hydrogens is 414 g/mol. The third-order valence-electron chi connectivity index (χ3n) is 5.05. The summed E-state index contributed by atoms with van der Waals surface area (Å²) in [5, 5.41) is 10.7. The summed E-state index contributed by atoms with van der Waals surface area (Å²) in [7, 11) is 0. The number of imidazole rings is 2. The quantitative estimate of drug-likeness (QED) is 0.197. The van der Waals surface area contributed by atoms with Crippen molar-refractivity contribution in [3.05, 3.63) is 82.9 Å². The van der Waals surface area contributed by atoms with Crippen molar-refractivity contribution >= 4 is 32.3 Å². The van der Waals surface area contributed by atoms with Crippen LogP contribution in [-0.2, 0) is 17.9 Å². The molecule has 5 aromatic rings. The van der Waals surface area contributed by atoms with Gasteiger partial charge in [0.2, 0.25) is 6.33 Å². The topological polar surface area (TPSA) is 87.5 Å². The number of thiazole rings is 1. The first kappa shape index (κ1) is 19.4. The summed E-state index contributed by atoms with van der Waals surface area (Å²) in [6, 6.07) is 18.4. The van der Waals surface area contributed by atoms with Gasteiger partial charge in [-0.2, -0.15) is 0 Å². The highest BCUT2D eigenvalue weighted by atomic mass is 32.1. The van der Waals surface area contributed by atoms with Crippen LogP contribution >= 0.6 is 11.3 Å². The maximum atomic E-state index is 10.7. The first-order valence-electron chi connectivity index (χ1n) is 9.89. The Morgan fingerprint density at radius 1 is 1.10 bits per heavy atom. The van der Waals surface area contributed by atoms with Crippen LogP contribution in [0.4, 0.5) is 5.82 Å². The minimum atomic E-state index is -0.492.